The first-order valence-corrected chi connectivity index (χ1v) is 8.60. The van der Waals surface area contributed by atoms with Crippen LogP contribution in [0.25, 0.3) is 4.96 Å². The number of hydrogen-bond acceptors (Lipinski definition) is 5. The Morgan fingerprint density at radius 3 is 3.30 bits per heavy atom. The molecule has 2 N–H and O–H groups in total. The van der Waals surface area contributed by atoms with E-state index in [-0.39, 0.29) is 5.91 Å². The molecule has 1 aliphatic heterocycles. The van der Waals surface area contributed by atoms with Crippen molar-refractivity contribution < 1.29 is 4.79 Å². The van der Waals surface area contributed by atoms with Gasteiger partial charge in [0, 0.05) is 30.9 Å². The van der Waals surface area contributed by atoms with E-state index in [0.717, 1.165) is 42.4 Å². The van der Waals surface area contributed by atoms with Gasteiger partial charge < -0.3 is 10.6 Å². The van der Waals surface area contributed by atoms with Gasteiger partial charge in [-0.25, -0.2) is 4.98 Å². The van der Waals surface area contributed by atoms with Crippen LogP contribution in [0.4, 0.5) is 0 Å². The van der Waals surface area contributed by atoms with E-state index in [2.05, 4.69) is 26.8 Å². The highest BCUT2D eigenvalue weighted by molar-refractivity contribution is 7.15. The fourth-order valence-electron chi connectivity index (χ4n) is 2.78. The first-order valence-electron chi connectivity index (χ1n) is 7.72. The SMILES string of the molecule is O=C(Cc1cn2ccsc2n1)NCc1cc2n(n1)CCCNC2. The van der Waals surface area contributed by atoms with Crippen LogP contribution in [-0.4, -0.2) is 31.6 Å². The van der Waals surface area contributed by atoms with Gasteiger partial charge in [-0.1, -0.05) is 0 Å². The molecule has 1 amide bonds. The molecule has 0 bridgehead atoms. The first kappa shape index (κ1) is 14.4. The van der Waals surface area contributed by atoms with Gasteiger partial charge in [0.05, 0.1) is 30.0 Å². The van der Waals surface area contributed by atoms with Crippen molar-refractivity contribution in [1.82, 2.24) is 29.8 Å². The lowest BCUT2D eigenvalue weighted by molar-refractivity contribution is -0.120. The smallest absolute Gasteiger partial charge is 0.226 e. The number of nitrogens with one attached hydrogen (secondary N) is 2. The second-order valence-electron chi connectivity index (χ2n) is 5.66. The topological polar surface area (TPSA) is 76.2 Å². The number of fused-ring (bicyclic) bond motifs is 2. The highest BCUT2D eigenvalue weighted by atomic mass is 32.1. The van der Waals surface area contributed by atoms with Crippen molar-refractivity contribution in [2.24, 2.45) is 0 Å². The number of imidazole rings is 1. The van der Waals surface area contributed by atoms with Crippen LogP contribution >= 0.6 is 11.3 Å². The van der Waals surface area contributed by atoms with E-state index in [0.29, 0.717) is 13.0 Å². The monoisotopic (exact) mass is 330 g/mol. The summed E-state index contributed by atoms with van der Waals surface area (Å²) in [5, 5.41) is 12.8. The molecule has 0 aromatic carbocycles. The Morgan fingerprint density at radius 1 is 1.43 bits per heavy atom. The van der Waals surface area contributed by atoms with Crippen molar-refractivity contribution in [2.75, 3.05) is 6.54 Å². The standard InChI is InChI=1S/C15H18N6OS/c22-14(7-12-10-20-4-5-23-15(20)18-12)17-8-11-6-13-9-16-2-1-3-21(13)19-11/h4-6,10,16H,1-3,7-9H2,(H,17,22). The Bertz CT molecular complexity index is 780. The predicted molar refractivity (Wildman–Crippen MR) is 87.2 cm³/mol. The van der Waals surface area contributed by atoms with Crippen molar-refractivity contribution in [3.63, 3.8) is 0 Å². The van der Waals surface area contributed by atoms with Gasteiger partial charge in [-0.2, -0.15) is 5.10 Å². The fourth-order valence-corrected chi connectivity index (χ4v) is 3.50. The summed E-state index contributed by atoms with van der Waals surface area (Å²) in [7, 11) is 0. The highest BCUT2D eigenvalue weighted by Crippen LogP contribution is 2.12. The lowest BCUT2D eigenvalue weighted by Gasteiger charge is -2.02. The molecular weight excluding hydrogens is 312 g/mol. The molecule has 0 saturated carbocycles. The highest BCUT2D eigenvalue weighted by Gasteiger charge is 2.12. The van der Waals surface area contributed by atoms with Crippen molar-refractivity contribution in [3.8, 4) is 0 Å². The lowest BCUT2D eigenvalue weighted by Crippen LogP contribution is -2.25. The molecule has 3 aromatic heterocycles. The van der Waals surface area contributed by atoms with E-state index in [1.54, 1.807) is 11.3 Å². The molecule has 0 spiro atoms. The third-order valence-corrected chi connectivity index (χ3v) is 4.67. The summed E-state index contributed by atoms with van der Waals surface area (Å²) < 4.78 is 3.97. The maximum atomic E-state index is 12.1. The first-order chi connectivity index (χ1) is 11.3. The minimum Gasteiger partial charge on any atom is -0.350 e. The number of rotatable bonds is 4. The number of amides is 1. The number of aryl methyl sites for hydroxylation is 1. The Labute approximate surface area is 137 Å². The van der Waals surface area contributed by atoms with Crippen LogP contribution in [0.2, 0.25) is 0 Å². The van der Waals surface area contributed by atoms with Crippen LogP contribution in [0, 0.1) is 0 Å². The van der Waals surface area contributed by atoms with Gasteiger partial charge in [-0.15, -0.1) is 11.3 Å². The summed E-state index contributed by atoms with van der Waals surface area (Å²) in [5.74, 6) is -0.0305. The largest absolute Gasteiger partial charge is 0.350 e. The summed E-state index contributed by atoms with van der Waals surface area (Å²) in [6, 6.07) is 2.06. The molecule has 0 saturated heterocycles. The van der Waals surface area contributed by atoms with Gasteiger partial charge in [0.1, 0.15) is 0 Å². The normalized spacial score (nSPS) is 14.6. The Morgan fingerprint density at radius 2 is 2.39 bits per heavy atom. The molecule has 23 heavy (non-hydrogen) atoms. The van der Waals surface area contributed by atoms with Crippen LogP contribution in [0.5, 0.6) is 0 Å². The zero-order valence-electron chi connectivity index (χ0n) is 12.7. The van der Waals surface area contributed by atoms with Gasteiger partial charge in [0.25, 0.3) is 0 Å². The summed E-state index contributed by atoms with van der Waals surface area (Å²) in [4.78, 5) is 17.4. The average Bonchev–Trinajstić information content (AvgIpc) is 3.17. The number of thiazole rings is 1. The van der Waals surface area contributed by atoms with Crippen LogP contribution in [0.1, 0.15) is 23.5 Å². The molecule has 0 fully saturated rings. The van der Waals surface area contributed by atoms with Gasteiger partial charge in [0.15, 0.2) is 4.96 Å². The van der Waals surface area contributed by atoms with Gasteiger partial charge >= 0.3 is 0 Å². The Balaban J connectivity index is 1.35. The van der Waals surface area contributed by atoms with Crippen LogP contribution in [0.15, 0.2) is 23.8 Å². The Kier molecular flexibility index (Phi) is 3.84. The zero-order valence-corrected chi connectivity index (χ0v) is 13.5. The quantitative estimate of drug-likeness (QED) is 0.747. The molecule has 0 unspecified atom stereocenters. The second-order valence-corrected chi connectivity index (χ2v) is 6.53. The van der Waals surface area contributed by atoms with E-state index < -0.39 is 0 Å². The number of hydrogen-bond donors (Lipinski definition) is 2. The van der Waals surface area contributed by atoms with E-state index >= 15 is 0 Å². The summed E-state index contributed by atoms with van der Waals surface area (Å²) in [6.45, 7) is 3.26. The van der Waals surface area contributed by atoms with Crippen LogP contribution in [0.3, 0.4) is 0 Å². The van der Waals surface area contributed by atoms with Crippen molar-refractivity contribution in [1.29, 1.82) is 0 Å². The van der Waals surface area contributed by atoms with Crippen molar-refractivity contribution in [2.45, 2.75) is 32.5 Å². The minimum absolute atomic E-state index is 0.0305. The number of nitrogens with zero attached hydrogens (tertiary/aromatic N) is 4. The fraction of sp³-hybridized carbons (Fsp3) is 0.400. The van der Waals surface area contributed by atoms with Gasteiger partial charge in [0.2, 0.25) is 5.91 Å². The maximum absolute atomic E-state index is 12.1. The van der Waals surface area contributed by atoms with Gasteiger partial charge in [-0.3, -0.25) is 13.9 Å². The van der Waals surface area contributed by atoms with Crippen molar-refractivity contribution in [3.05, 3.63) is 40.9 Å². The average molecular weight is 330 g/mol. The molecule has 7 nitrogen and oxygen atoms in total. The van der Waals surface area contributed by atoms with E-state index in [4.69, 9.17) is 0 Å². The van der Waals surface area contributed by atoms with E-state index in [1.807, 2.05) is 26.9 Å². The molecular formula is C15H18N6OS. The predicted octanol–water partition coefficient (Wildman–Crippen LogP) is 0.944. The third-order valence-electron chi connectivity index (χ3n) is 3.90. The second kappa shape index (κ2) is 6.13. The van der Waals surface area contributed by atoms with Crippen LogP contribution in [-0.2, 0) is 30.8 Å². The lowest BCUT2D eigenvalue weighted by atomic mass is 10.3. The summed E-state index contributed by atoms with van der Waals surface area (Å²) in [5.41, 5.74) is 2.88. The number of aromatic nitrogens is 4. The minimum atomic E-state index is -0.0305. The molecule has 120 valence electrons. The molecule has 1 aliphatic rings. The van der Waals surface area contributed by atoms with Gasteiger partial charge in [-0.05, 0) is 19.0 Å². The summed E-state index contributed by atoms with van der Waals surface area (Å²) in [6.07, 6.45) is 5.22. The van der Waals surface area contributed by atoms with E-state index in [9.17, 15) is 4.79 Å². The van der Waals surface area contributed by atoms with E-state index in [1.165, 1.54) is 5.69 Å². The maximum Gasteiger partial charge on any atom is 0.226 e. The van der Waals surface area contributed by atoms with Crippen LogP contribution < -0.4 is 10.6 Å². The summed E-state index contributed by atoms with van der Waals surface area (Å²) >= 11 is 1.56. The molecule has 4 rings (SSSR count). The zero-order chi connectivity index (χ0) is 15.6. The number of carbonyl (C=O) groups is 1. The molecule has 0 radical (unpaired) electrons. The molecule has 4 heterocycles. The molecule has 0 atom stereocenters. The van der Waals surface area contributed by atoms with Crippen molar-refractivity contribution >= 4 is 22.2 Å². The third kappa shape index (κ3) is 3.13. The molecule has 3 aromatic rings. The number of carbonyl (C=O) groups excluding carboxylic acids is 1. The molecule has 8 heteroatoms. The molecule has 0 aliphatic carbocycles. The Hall–Kier alpha value is -2.19.